The second kappa shape index (κ2) is 6.98. The van der Waals surface area contributed by atoms with Crippen LogP contribution in [0.2, 0.25) is 0 Å². The lowest BCUT2D eigenvalue weighted by Crippen LogP contribution is -2.40. The quantitative estimate of drug-likeness (QED) is 0.773. The number of hydrogen-bond donors (Lipinski definition) is 0. The van der Waals surface area contributed by atoms with Gasteiger partial charge in [-0.1, -0.05) is 0 Å². The first kappa shape index (κ1) is 18.6. The number of benzene rings is 2. The molecule has 150 valence electrons. The predicted octanol–water partition coefficient (Wildman–Crippen LogP) is 3.72. The summed E-state index contributed by atoms with van der Waals surface area (Å²) >= 11 is 0. The molecule has 2 heterocycles. The number of rotatable bonds is 5. The molecule has 0 N–H and O–H groups in total. The fraction of sp³-hybridized carbons (Fsp3) is 0.429. The van der Waals surface area contributed by atoms with Gasteiger partial charge in [0.2, 0.25) is 18.3 Å². The van der Waals surface area contributed by atoms with E-state index in [9.17, 15) is 0 Å². The first-order chi connectivity index (χ1) is 13.5. The van der Waals surface area contributed by atoms with Crippen LogP contribution in [0.15, 0.2) is 24.3 Å². The van der Waals surface area contributed by atoms with Crippen LogP contribution in [0.3, 0.4) is 0 Å². The molecular formula is C21H24O7. The lowest BCUT2D eigenvalue weighted by molar-refractivity contribution is -0.163. The van der Waals surface area contributed by atoms with Gasteiger partial charge in [0.25, 0.3) is 0 Å². The molecule has 0 amide bonds. The highest BCUT2D eigenvalue weighted by molar-refractivity contribution is 5.59. The van der Waals surface area contributed by atoms with Gasteiger partial charge in [0.05, 0.1) is 21.3 Å². The summed E-state index contributed by atoms with van der Waals surface area (Å²) in [7, 11) is 6.45. The van der Waals surface area contributed by atoms with Crippen molar-refractivity contribution in [3.8, 4) is 34.5 Å². The van der Waals surface area contributed by atoms with Crippen molar-refractivity contribution in [2.24, 2.45) is 0 Å². The van der Waals surface area contributed by atoms with Crippen LogP contribution in [0.4, 0.5) is 0 Å². The van der Waals surface area contributed by atoms with E-state index < -0.39 is 5.79 Å². The Morgan fingerprint density at radius 1 is 0.857 bits per heavy atom. The highest BCUT2D eigenvalue weighted by atomic mass is 16.7. The van der Waals surface area contributed by atoms with Crippen LogP contribution in [-0.2, 0) is 4.74 Å². The average Bonchev–Trinajstić information content (AvgIpc) is 3.17. The molecule has 2 aliphatic rings. The van der Waals surface area contributed by atoms with Crippen LogP contribution < -0.4 is 28.4 Å². The Bertz CT molecular complexity index is 870. The summed E-state index contributed by atoms with van der Waals surface area (Å²) in [6.07, 6.45) is 0.606. The summed E-state index contributed by atoms with van der Waals surface area (Å²) < 4.78 is 39.5. The summed E-state index contributed by atoms with van der Waals surface area (Å²) in [5, 5.41) is 0. The zero-order valence-electron chi connectivity index (χ0n) is 16.7. The Morgan fingerprint density at radius 3 is 2.07 bits per heavy atom. The maximum atomic E-state index is 6.16. The topological polar surface area (TPSA) is 64.6 Å². The minimum Gasteiger partial charge on any atom is -0.493 e. The summed E-state index contributed by atoms with van der Waals surface area (Å²) in [5.41, 5.74) is 1.99. The highest BCUT2D eigenvalue weighted by Gasteiger charge is 2.40. The average molecular weight is 388 g/mol. The SMILES string of the molecule is COc1cc([C@@H]2C[C@](C)(OC)Oc3cc4c(cc32)OCO4)cc(OC)c1OC. The van der Waals surface area contributed by atoms with Gasteiger partial charge in [0.15, 0.2) is 23.0 Å². The number of methoxy groups -OCH3 is 4. The minimum atomic E-state index is -0.786. The van der Waals surface area contributed by atoms with Crippen molar-refractivity contribution in [2.75, 3.05) is 35.2 Å². The van der Waals surface area contributed by atoms with Crippen molar-refractivity contribution in [2.45, 2.75) is 25.0 Å². The number of hydrogen-bond acceptors (Lipinski definition) is 7. The van der Waals surface area contributed by atoms with Crippen LogP contribution in [0.5, 0.6) is 34.5 Å². The maximum absolute atomic E-state index is 6.16. The Labute approximate surface area is 164 Å². The van der Waals surface area contributed by atoms with Crippen molar-refractivity contribution in [3.05, 3.63) is 35.4 Å². The van der Waals surface area contributed by atoms with Gasteiger partial charge in [-0.3, -0.25) is 0 Å². The zero-order valence-corrected chi connectivity index (χ0v) is 16.7. The molecule has 7 nitrogen and oxygen atoms in total. The largest absolute Gasteiger partial charge is 0.493 e. The van der Waals surface area contributed by atoms with Crippen molar-refractivity contribution in [3.63, 3.8) is 0 Å². The molecule has 0 spiro atoms. The fourth-order valence-electron chi connectivity index (χ4n) is 3.78. The van der Waals surface area contributed by atoms with E-state index in [4.69, 9.17) is 33.2 Å². The van der Waals surface area contributed by atoms with Crippen LogP contribution in [0.1, 0.15) is 30.4 Å². The molecule has 28 heavy (non-hydrogen) atoms. The molecule has 0 aliphatic carbocycles. The Morgan fingerprint density at radius 2 is 1.50 bits per heavy atom. The van der Waals surface area contributed by atoms with Gasteiger partial charge < -0.3 is 33.2 Å². The third-order valence-electron chi connectivity index (χ3n) is 5.30. The molecule has 0 radical (unpaired) electrons. The van der Waals surface area contributed by atoms with E-state index in [-0.39, 0.29) is 12.7 Å². The molecule has 0 unspecified atom stereocenters. The second-order valence-corrected chi connectivity index (χ2v) is 6.90. The molecule has 2 aromatic carbocycles. The lowest BCUT2D eigenvalue weighted by Gasteiger charge is -2.39. The van der Waals surface area contributed by atoms with Crippen molar-refractivity contribution < 1.29 is 33.2 Å². The molecule has 0 saturated carbocycles. The smallest absolute Gasteiger partial charge is 0.231 e. The molecule has 0 bridgehead atoms. The summed E-state index contributed by atoms with van der Waals surface area (Å²) in [6.45, 7) is 2.13. The highest BCUT2D eigenvalue weighted by Crippen LogP contribution is 2.51. The van der Waals surface area contributed by atoms with Crippen molar-refractivity contribution in [1.29, 1.82) is 0 Å². The van der Waals surface area contributed by atoms with E-state index in [2.05, 4.69) is 0 Å². The van der Waals surface area contributed by atoms with E-state index in [1.165, 1.54) is 0 Å². The number of ether oxygens (including phenoxy) is 7. The summed E-state index contributed by atoms with van der Waals surface area (Å²) in [6, 6.07) is 7.75. The summed E-state index contributed by atoms with van der Waals surface area (Å²) in [4.78, 5) is 0. The van der Waals surface area contributed by atoms with Crippen LogP contribution in [-0.4, -0.2) is 41.0 Å². The maximum Gasteiger partial charge on any atom is 0.231 e. The van der Waals surface area contributed by atoms with Crippen LogP contribution in [0, 0.1) is 0 Å². The molecule has 4 rings (SSSR count). The van der Waals surface area contributed by atoms with Crippen molar-refractivity contribution >= 4 is 0 Å². The standard InChI is InChI=1S/C21H24O7/c1-21(25-5)10-14(12-6-18(22-2)20(24-4)19(7-12)23-3)13-8-16-17(27-11-26-16)9-15(13)28-21/h6-9,14H,10-11H2,1-5H3/t14-,21+/m0/s1. The Kier molecular flexibility index (Phi) is 4.63. The molecule has 7 heteroatoms. The normalized spacial score (nSPS) is 22.2. The number of fused-ring (bicyclic) bond motifs is 2. The molecule has 0 fully saturated rings. The zero-order chi connectivity index (χ0) is 19.9. The van der Waals surface area contributed by atoms with Crippen LogP contribution >= 0.6 is 0 Å². The van der Waals surface area contributed by atoms with E-state index in [1.54, 1.807) is 28.4 Å². The Hall–Kier alpha value is -2.80. The third kappa shape index (κ3) is 2.96. The molecule has 2 aliphatic heterocycles. The van der Waals surface area contributed by atoms with Crippen molar-refractivity contribution in [1.82, 2.24) is 0 Å². The van der Waals surface area contributed by atoms with E-state index in [0.29, 0.717) is 40.9 Å². The minimum absolute atomic E-state index is 0.0306. The molecule has 2 atom stereocenters. The molecule has 0 aromatic heterocycles. The van der Waals surface area contributed by atoms with E-state index >= 15 is 0 Å². The van der Waals surface area contributed by atoms with Gasteiger partial charge in [-0.25, -0.2) is 0 Å². The van der Waals surface area contributed by atoms with Gasteiger partial charge in [-0.2, -0.15) is 0 Å². The monoisotopic (exact) mass is 388 g/mol. The predicted molar refractivity (Wildman–Crippen MR) is 101 cm³/mol. The third-order valence-corrected chi connectivity index (χ3v) is 5.30. The molecule has 2 aromatic rings. The second-order valence-electron chi connectivity index (χ2n) is 6.90. The van der Waals surface area contributed by atoms with E-state index in [1.807, 2.05) is 31.2 Å². The van der Waals surface area contributed by atoms with Gasteiger partial charge in [0.1, 0.15) is 5.75 Å². The van der Waals surface area contributed by atoms with Crippen LogP contribution in [0.25, 0.3) is 0 Å². The molecular weight excluding hydrogens is 364 g/mol. The molecule has 0 saturated heterocycles. The summed E-state index contributed by atoms with van der Waals surface area (Å²) in [5.74, 6) is 3.03. The van der Waals surface area contributed by atoms with Gasteiger partial charge in [-0.05, 0) is 23.8 Å². The van der Waals surface area contributed by atoms with E-state index in [0.717, 1.165) is 11.1 Å². The lowest BCUT2D eigenvalue weighted by atomic mass is 9.82. The first-order valence-corrected chi connectivity index (χ1v) is 8.99. The van der Waals surface area contributed by atoms with Gasteiger partial charge in [-0.15, -0.1) is 0 Å². The first-order valence-electron chi connectivity index (χ1n) is 8.99. The van der Waals surface area contributed by atoms with Gasteiger partial charge in [0, 0.05) is 38.0 Å². The fourth-order valence-corrected chi connectivity index (χ4v) is 3.78. The van der Waals surface area contributed by atoms with Gasteiger partial charge >= 0.3 is 0 Å². The Balaban J connectivity index is 1.88.